The third kappa shape index (κ3) is 3.17. The van der Waals surface area contributed by atoms with Gasteiger partial charge in [0.1, 0.15) is 0 Å². The zero-order chi connectivity index (χ0) is 18.8. The van der Waals surface area contributed by atoms with Crippen molar-refractivity contribution in [3.8, 4) is 5.69 Å². The lowest BCUT2D eigenvalue weighted by atomic mass is 10.2. The van der Waals surface area contributed by atoms with E-state index in [1.807, 2.05) is 36.6 Å². The molecule has 3 heterocycles. The molecule has 0 radical (unpaired) electrons. The van der Waals surface area contributed by atoms with Crippen LogP contribution in [0.2, 0.25) is 0 Å². The average molecular weight is 376 g/mol. The van der Waals surface area contributed by atoms with Crippen LogP contribution in [0.4, 0.5) is 0 Å². The minimum absolute atomic E-state index is 0.151. The molecule has 0 N–H and O–H groups in total. The quantitative estimate of drug-likeness (QED) is 0.512. The molecular weight excluding hydrogens is 360 g/mol. The predicted molar refractivity (Wildman–Crippen MR) is 107 cm³/mol. The molecule has 0 saturated heterocycles. The van der Waals surface area contributed by atoms with Gasteiger partial charge in [-0.15, -0.1) is 11.8 Å². The van der Waals surface area contributed by atoms with Crippen LogP contribution in [-0.2, 0) is 6.54 Å². The van der Waals surface area contributed by atoms with Crippen molar-refractivity contribution in [3.05, 3.63) is 93.5 Å². The maximum Gasteiger partial charge on any atom is 0.337 e. The Balaban J connectivity index is 2.03. The topological polar surface area (TPSA) is 69.8 Å². The number of hydrogen-bond acceptors (Lipinski definition) is 5. The van der Waals surface area contributed by atoms with Gasteiger partial charge in [-0.3, -0.25) is 14.3 Å². The molecular formula is C20H16N4O2S. The lowest BCUT2D eigenvalue weighted by molar-refractivity contribution is 0.681. The van der Waals surface area contributed by atoms with E-state index in [0.29, 0.717) is 16.7 Å². The van der Waals surface area contributed by atoms with Gasteiger partial charge in [-0.05, 0) is 48.2 Å². The van der Waals surface area contributed by atoms with E-state index in [1.165, 1.54) is 9.13 Å². The number of benzene rings is 1. The molecule has 0 amide bonds. The summed E-state index contributed by atoms with van der Waals surface area (Å²) in [6.45, 7) is 0.151. The highest BCUT2D eigenvalue weighted by molar-refractivity contribution is 7.98. The Morgan fingerprint density at radius 3 is 2.67 bits per heavy atom. The minimum Gasteiger partial charge on any atom is -0.268 e. The van der Waals surface area contributed by atoms with Crippen molar-refractivity contribution in [1.82, 2.24) is 19.1 Å². The second kappa shape index (κ2) is 7.20. The lowest BCUT2D eigenvalue weighted by Crippen LogP contribution is -2.40. The molecule has 3 aromatic heterocycles. The Morgan fingerprint density at radius 2 is 1.89 bits per heavy atom. The molecule has 6 nitrogen and oxygen atoms in total. The Bertz CT molecular complexity index is 1230. The predicted octanol–water partition coefficient (Wildman–Crippen LogP) is 2.71. The van der Waals surface area contributed by atoms with Gasteiger partial charge in [0.2, 0.25) is 0 Å². The molecule has 0 spiro atoms. The van der Waals surface area contributed by atoms with E-state index in [4.69, 9.17) is 0 Å². The van der Waals surface area contributed by atoms with Crippen molar-refractivity contribution in [2.24, 2.45) is 0 Å². The first-order valence-corrected chi connectivity index (χ1v) is 9.55. The molecule has 1 aromatic carbocycles. The van der Waals surface area contributed by atoms with Crippen LogP contribution < -0.4 is 11.2 Å². The van der Waals surface area contributed by atoms with Crippen molar-refractivity contribution in [1.29, 1.82) is 0 Å². The molecule has 0 fully saturated rings. The van der Waals surface area contributed by atoms with Gasteiger partial charge in [0.25, 0.3) is 5.56 Å². The number of hydrogen-bond donors (Lipinski definition) is 0. The van der Waals surface area contributed by atoms with Crippen molar-refractivity contribution in [3.63, 3.8) is 0 Å². The molecule has 0 aliphatic carbocycles. The van der Waals surface area contributed by atoms with Crippen LogP contribution >= 0.6 is 11.8 Å². The molecule has 4 rings (SSSR count). The molecule has 0 atom stereocenters. The summed E-state index contributed by atoms with van der Waals surface area (Å²) in [7, 11) is 0. The summed E-state index contributed by atoms with van der Waals surface area (Å²) in [5, 5.41) is 0.399. The van der Waals surface area contributed by atoms with Crippen molar-refractivity contribution >= 4 is 22.8 Å². The summed E-state index contributed by atoms with van der Waals surface area (Å²) < 4.78 is 2.72. The molecule has 4 aromatic rings. The van der Waals surface area contributed by atoms with Gasteiger partial charge in [-0.25, -0.2) is 14.3 Å². The summed E-state index contributed by atoms with van der Waals surface area (Å²) >= 11 is 1.59. The smallest absolute Gasteiger partial charge is 0.268 e. The molecule has 134 valence electrons. The number of aromatic nitrogens is 4. The maximum absolute atomic E-state index is 13.3. The third-order valence-corrected chi connectivity index (χ3v) is 5.00. The van der Waals surface area contributed by atoms with Crippen LogP contribution in [0.15, 0.2) is 81.6 Å². The third-order valence-electron chi connectivity index (χ3n) is 4.27. The van der Waals surface area contributed by atoms with Gasteiger partial charge in [0, 0.05) is 23.5 Å². The summed E-state index contributed by atoms with van der Waals surface area (Å²) in [5.74, 6) is 0. The summed E-state index contributed by atoms with van der Waals surface area (Å²) in [4.78, 5) is 35.6. The van der Waals surface area contributed by atoms with E-state index in [9.17, 15) is 9.59 Å². The molecule has 7 heteroatoms. The Labute approximate surface area is 159 Å². The first-order valence-electron chi connectivity index (χ1n) is 8.33. The summed E-state index contributed by atoms with van der Waals surface area (Å²) in [5.41, 5.74) is 1.03. The standard InChI is InChI=1S/C20H16N4O2S/c1-27-16-7-2-6-15(11-16)24-18-17(8-4-10-22-18)19(25)23(20(24)26)13-14-5-3-9-21-12-14/h2-12H,13H2,1H3. The molecule has 0 saturated carbocycles. The zero-order valence-electron chi connectivity index (χ0n) is 14.6. The molecule has 0 bridgehead atoms. The van der Waals surface area contributed by atoms with Crippen LogP contribution in [0.5, 0.6) is 0 Å². The fraction of sp³-hybridized carbons (Fsp3) is 0.100. The van der Waals surface area contributed by atoms with Crippen molar-refractivity contribution in [2.75, 3.05) is 6.26 Å². The Morgan fingerprint density at radius 1 is 1.04 bits per heavy atom. The number of fused-ring (bicyclic) bond motifs is 1. The molecule has 0 unspecified atom stereocenters. The average Bonchev–Trinajstić information content (AvgIpc) is 2.72. The molecule has 0 aliphatic heterocycles. The molecule has 0 aliphatic rings. The van der Waals surface area contributed by atoms with Crippen molar-refractivity contribution < 1.29 is 0 Å². The van der Waals surface area contributed by atoms with E-state index in [-0.39, 0.29) is 12.1 Å². The van der Waals surface area contributed by atoms with Crippen molar-refractivity contribution in [2.45, 2.75) is 11.4 Å². The number of thioether (sulfide) groups is 1. The monoisotopic (exact) mass is 376 g/mol. The number of rotatable bonds is 4. The Hall–Kier alpha value is -3.19. The van der Waals surface area contributed by atoms with E-state index in [2.05, 4.69) is 9.97 Å². The fourth-order valence-corrected chi connectivity index (χ4v) is 3.43. The second-order valence-electron chi connectivity index (χ2n) is 5.95. The van der Waals surface area contributed by atoms with E-state index in [0.717, 1.165) is 10.5 Å². The maximum atomic E-state index is 13.3. The molecule has 27 heavy (non-hydrogen) atoms. The highest BCUT2D eigenvalue weighted by atomic mass is 32.2. The summed E-state index contributed by atoms with van der Waals surface area (Å²) in [6.07, 6.45) is 6.87. The highest BCUT2D eigenvalue weighted by Crippen LogP contribution is 2.19. The number of nitrogens with zero attached hydrogens (tertiary/aromatic N) is 4. The normalized spacial score (nSPS) is 11.0. The van der Waals surface area contributed by atoms with Crippen LogP contribution in [0.25, 0.3) is 16.7 Å². The lowest BCUT2D eigenvalue weighted by Gasteiger charge is -2.14. The van der Waals surface area contributed by atoms with Gasteiger partial charge in [-0.1, -0.05) is 12.1 Å². The van der Waals surface area contributed by atoms with Crippen LogP contribution in [0.1, 0.15) is 5.56 Å². The van der Waals surface area contributed by atoms with E-state index in [1.54, 1.807) is 48.6 Å². The van der Waals surface area contributed by atoms with Crippen LogP contribution in [-0.4, -0.2) is 25.4 Å². The number of pyridine rings is 2. The fourth-order valence-electron chi connectivity index (χ4n) is 2.98. The van der Waals surface area contributed by atoms with Gasteiger partial charge in [0.15, 0.2) is 5.65 Å². The zero-order valence-corrected chi connectivity index (χ0v) is 15.4. The van der Waals surface area contributed by atoms with E-state index < -0.39 is 5.69 Å². The van der Waals surface area contributed by atoms with Gasteiger partial charge >= 0.3 is 5.69 Å². The SMILES string of the molecule is CSc1cccc(-n2c(=O)n(Cc3cccnc3)c(=O)c3cccnc32)c1. The van der Waals surface area contributed by atoms with Crippen LogP contribution in [0.3, 0.4) is 0 Å². The Kier molecular flexibility index (Phi) is 4.60. The minimum atomic E-state index is -0.423. The first-order chi connectivity index (χ1) is 13.2. The van der Waals surface area contributed by atoms with Gasteiger partial charge in [-0.2, -0.15) is 0 Å². The largest absolute Gasteiger partial charge is 0.337 e. The first kappa shape index (κ1) is 17.2. The summed E-state index contributed by atoms with van der Waals surface area (Å²) in [6, 6.07) is 14.6. The van der Waals surface area contributed by atoms with Crippen LogP contribution in [0, 0.1) is 0 Å². The van der Waals surface area contributed by atoms with Gasteiger partial charge in [0.05, 0.1) is 17.6 Å². The highest BCUT2D eigenvalue weighted by Gasteiger charge is 2.15. The van der Waals surface area contributed by atoms with E-state index >= 15 is 0 Å². The van der Waals surface area contributed by atoms with Gasteiger partial charge < -0.3 is 0 Å². The second-order valence-corrected chi connectivity index (χ2v) is 6.83.